The molecule has 0 saturated carbocycles. The Morgan fingerprint density at radius 3 is 2.22 bits per heavy atom. The number of hydrogen-bond acceptors (Lipinski definition) is 5. The van der Waals surface area contributed by atoms with Crippen LogP contribution in [0.2, 0.25) is 0 Å². The first-order valence-electron chi connectivity index (χ1n) is 6.35. The molecule has 0 aliphatic carbocycles. The minimum Gasteiger partial charge on any atom is -0.432 e. The van der Waals surface area contributed by atoms with Crippen LogP contribution in [-0.2, 0) is 19.6 Å². The van der Waals surface area contributed by atoms with Crippen molar-refractivity contribution in [1.82, 2.24) is 0 Å². The molecule has 0 saturated heterocycles. The molecule has 0 heterocycles. The van der Waals surface area contributed by atoms with Gasteiger partial charge in [-0.1, -0.05) is 34.1 Å². The maximum absolute atomic E-state index is 11.0. The summed E-state index contributed by atoms with van der Waals surface area (Å²) in [5, 5.41) is 4.46. The molecule has 0 aromatic heterocycles. The van der Waals surface area contributed by atoms with E-state index in [1.807, 2.05) is 20.8 Å². The van der Waals surface area contributed by atoms with Crippen LogP contribution in [0.5, 0.6) is 0 Å². The third-order valence-electron chi connectivity index (χ3n) is 2.04. The zero-order chi connectivity index (χ0) is 14.2. The minimum atomic E-state index is -0.880. The Hall–Kier alpha value is -0.810. The Morgan fingerprint density at radius 1 is 1.11 bits per heavy atom. The predicted octanol–water partition coefficient (Wildman–Crippen LogP) is 4.02. The van der Waals surface area contributed by atoms with E-state index in [0.717, 1.165) is 19.3 Å². The smallest absolute Gasteiger partial charge is 0.432 e. The zero-order valence-electron chi connectivity index (χ0n) is 12.4. The maximum Gasteiger partial charge on any atom is 0.542 e. The number of carbonyl (C=O) groups excluding carboxylic acids is 1. The summed E-state index contributed by atoms with van der Waals surface area (Å²) in [6, 6.07) is 0. The number of rotatable bonds is 7. The Bertz CT molecular complexity index is 242. The van der Waals surface area contributed by atoms with E-state index in [0.29, 0.717) is 6.61 Å². The molecule has 0 radical (unpaired) electrons. The zero-order valence-corrected chi connectivity index (χ0v) is 12.4. The summed E-state index contributed by atoms with van der Waals surface area (Å²) < 4.78 is 4.73. The molecular weight excluding hydrogens is 236 g/mol. The number of hydrogen-bond donors (Lipinski definition) is 0. The summed E-state index contributed by atoms with van der Waals surface area (Å²) in [6.07, 6.45) is 1.62. The van der Waals surface area contributed by atoms with E-state index < -0.39 is 11.8 Å². The lowest BCUT2D eigenvalue weighted by molar-refractivity contribution is -0.518. The highest BCUT2D eigenvalue weighted by molar-refractivity contribution is 5.58. The minimum absolute atomic E-state index is 0.0918. The second-order valence-corrected chi connectivity index (χ2v) is 6.18. The maximum atomic E-state index is 11.0. The Kier molecular flexibility index (Phi) is 7.25. The van der Waals surface area contributed by atoms with Crippen molar-refractivity contribution in [1.29, 1.82) is 0 Å². The van der Waals surface area contributed by atoms with Crippen LogP contribution in [0.15, 0.2) is 0 Å². The quantitative estimate of drug-likeness (QED) is 0.300. The van der Waals surface area contributed by atoms with Gasteiger partial charge in [-0.2, -0.15) is 4.89 Å². The molecule has 108 valence electrons. The van der Waals surface area contributed by atoms with E-state index >= 15 is 0 Å². The van der Waals surface area contributed by atoms with Crippen LogP contribution >= 0.6 is 0 Å². The topological polar surface area (TPSA) is 54.0 Å². The molecule has 18 heavy (non-hydrogen) atoms. The van der Waals surface area contributed by atoms with Gasteiger partial charge in [-0.3, -0.25) is 0 Å². The number of carbonyl (C=O) groups is 1. The second kappa shape index (κ2) is 7.59. The van der Waals surface area contributed by atoms with Gasteiger partial charge in [-0.15, -0.1) is 0 Å². The van der Waals surface area contributed by atoms with Crippen molar-refractivity contribution in [2.45, 2.75) is 66.4 Å². The van der Waals surface area contributed by atoms with Gasteiger partial charge in [0.15, 0.2) is 0 Å². The van der Waals surface area contributed by atoms with Gasteiger partial charge in [0.05, 0.1) is 6.61 Å². The van der Waals surface area contributed by atoms with E-state index in [2.05, 4.69) is 30.7 Å². The van der Waals surface area contributed by atoms with Gasteiger partial charge in [0, 0.05) is 0 Å². The monoisotopic (exact) mass is 262 g/mol. The largest absolute Gasteiger partial charge is 0.542 e. The lowest BCUT2D eigenvalue weighted by Crippen LogP contribution is -2.30. The van der Waals surface area contributed by atoms with Crippen molar-refractivity contribution in [3.05, 3.63) is 0 Å². The van der Waals surface area contributed by atoms with Gasteiger partial charge in [-0.05, 0) is 37.1 Å². The third kappa shape index (κ3) is 10.4. The summed E-state index contributed by atoms with van der Waals surface area (Å²) in [7, 11) is 0. The highest BCUT2D eigenvalue weighted by Gasteiger charge is 2.28. The van der Waals surface area contributed by atoms with Gasteiger partial charge < -0.3 is 4.74 Å². The van der Waals surface area contributed by atoms with Crippen LogP contribution in [0.1, 0.15) is 60.8 Å². The first-order chi connectivity index (χ1) is 8.16. The number of ether oxygens (including phenoxy) is 1. The summed E-state index contributed by atoms with van der Waals surface area (Å²) in [4.78, 5) is 20.5. The van der Waals surface area contributed by atoms with E-state index in [9.17, 15) is 4.79 Å². The van der Waals surface area contributed by atoms with E-state index in [4.69, 9.17) is 9.62 Å². The fraction of sp³-hybridized carbons (Fsp3) is 0.923. The van der Waals surface area contributed by atoms with Crippen molar-refractivity contribution in [2.24, 2.45) is 5.41 Å². The van der Waals surface area contributed by atoms with Gasteiger partial charge in [0.2, 0.25) is 0 Å². The summed E-state index contributed by atoms with van der Waals surface area (Å²) in [5.41, 5.74) is -0.448. The molecule has 0 fully saturated rings. The Morgan fingerprint density at radius 2 is 1.72 bits per heavy atom. The highest BCUT2D eigenvalue weighted by atomic mass is 17.5. The molecule has 0 bridgehead atoms. The molecule has 5 nitrogen and oxygen atoms in total. The lowest BCUT2D eigenvalue weighted by atomic mass is 9.84. The van der Waals surface area contributed by atoms with Crippen LogP contribution in [0, 0.1) is 5.41 Å². The molecule has 0 rings (SSSR count). The molecular formula is C13H26O5. The van der Waals surface area contributed by atoms with Gasteiger partial charge >= 0.3 is 6.16 Å². The predicted molar refractivity (Wildman–Crippen MR) is 67.7 cm³/mol. The fourth-order valence-electron chi connectivity index (χ4n) is 1.77. The van der Waals surface area contributed by atoms with Crippen LogP contribution < -0.4 is 0 Å². The average molecular weight is 262 g/mol. The second-order valence-electron chi connectivity index (χ2n) is 6.18. The van der Waals surface area contributed by atoms with Crippen molar-refractivity contribution >= 4 is 6.16 Å². The van der Waals surface area contributed by atoms with E-state index in [1.54, 1.807) is 0 Å². The Balaban J connectivity index is 3.79. The summed E-state index contributed by atoms with van der Waals surface area (Å²) in [6.45, 7) is 12.3. The standard InChI is InChI=1S/C13H26O5/c1-7-8-9-15-11(14)16-18-17-13(5,6)10-12(2,3)4/h7-10H2,1-6H3. The molecule has 0 amide bonds. The van der Waals surface area contributed by atoms with Crippen LogP contribution in [-0.4, -0.2) is 18.4 Å². The molecule has 5 heteroatoms. The van der Waals surface area contributed by atoms with Gasteiger partial charge in [0.1, 0.15) is 5.60 Å². The normalized spacial score (nSPS) is 12.3. The van der Waals surface area contributed by atoms with Crippen LogP contribution in [0.4, 0.5) is 4.79 Å². The Labute approximate surface area is 110 Å². The van der Waals surface area contributed by atoms with E-state index in [1.165, 1.54) is 0 Å². The van der Waals surface area contributed by atoms with E-state index in [-0.39, 0.29) is 5.41 Å². The molecule has 0 spiro atoms. The highest BCUT2D eigenvalue weighted by Crippen LogP contribution is 2.29. The molecule has 0 aromatic carbocycles. The first-order valence-corrected chi connectivity index (χ1v) is 6.35. The SMILES string of the molecule is CCCCOC(=O)OOOC(C)(C)CC(C)(C)C. The molecule has 0 unspecified atom stereocenters. The van der Waals surface area contributed by atoms with Crippen molar-refractivity contribution in [2.75, 3.05) is 6.61 Å². The number of unbranched alkanes of at least 4 members (excludes halogenated alkanes) is 1. The summed E-state index contributed by atoms with van der Waals surface area (Å²) >= 11 is 0. The van der Waals surface area contributed by atoms with Crippen molar-refractivity contribution in [3.63, 3.8) is 0 Å². The molecule has 0 aromatic rings. The molecule has 0 aliphatic rings. The van der Waals surface area contributed by atoms with Crippen LogP contribution in [0.25, 0.3) is 0 Å². The average Bonchev–Trinajstić information content (AvgIpc) is 2.13. The molecule has 0 N–H and O–H groups in total. The third-order valence-corrected chi connectivity index (χ3v) is 2.04. The first kappa shape index (κ1) is 17.2. The van der Waals surface area contributed by atoms with Gasteiger partial charge in [-0.25, -0.2) is 9.68 Å². The van der Waals surface area contributed by atoms with Crippen molar-refractivity contribution in [3.8, 4) is 0 Å². The van der Waals surface area contributed by atoms with Crippen molar-refractivity contribution < 1.29 is 24.3 Å². The van der Waals surface area contributed by atoms with Gasteiger partial charge in [0.25, 0.3) is 0 Å². The molecule has 0 aliphatic heterocycles. The lowest BCUT2D eigenvalue weighted by Gasteiger charge is -2.29. The summed E-state index contributed by atoms with van der Waals surface area (Å²) in [5.74, 6) is 0. The molecule has 0 atom stereocenters. The van der Waals surface area contributed by atoms with Crippen LogP contribution in [0.3, 0.4) is 0 Å². The fourth-order valence-corrected chi connectivity index (χ4v) is 1.77.